The smallest absolute Gasteiger partial charge is 0.0620 e. The zero-order valence-corrected chi connectivity index (χ0v) is 15.1. The van der Waals surface area contributed by atoms with Gasteiger partial charge < -0.3 is 5.11 Å². The molecule has 22 heavy (non-hydrogen) atoms. The van der Waals surface area contributed by atoms with Gasteiger partial charge in [-0.25, -0.2) is 0 Å². The van der Waals surface area contributed by atoms with E-state index < -0.39 is 0 Å². The molecule has 1 aliphatic heterocycles. The van der Waals surface area contributed by atoms with Gasteiger partial charge in [0.05, 0.1) is 10.2 Å². The summed E-state index contributed by atoms with van der Waals surface area (Å²) in [5.74, 6) is 6.02. The molecule has 0 aromatic heterocycles. The van der Waals surface area contributed by atoms with Crippen LogP contribution in [-0.4, -0.2) is 26.8 Å². The van der Waals surface area contributed by atoms with Crippen LogP contribution < -0.4 is 0 Å². The maximum Gasteiger partial charge on any atom is 0.0620 e. The summed E-state index contributed by atoms with van der Waals surface area (Å²) < 4.78 is 0.600. The second-order valence-electron chi connectivity index (χ2n) is 8.25. The minimum Gasteiger partial charge on any atom is -0.393 e. The standard InChI is InChI=1S/C19H28OS2/c20-18-6-5-16-15-2-1-12-11-19(21-9-10-22-19)8-7-13(12)14(15)3-4-17(16)18/h12,15-18,20H,1-11H2. The second-order valence-corrected chi connectivity index (χ2v) is 11.5. The molecule has 5 rings (SSSR count). The molecule has 5 aliphatic rings. The number of hydrogen-bond acceptors (Lipinski definition) is 3. The molecule has 1 heterocycles. The molecule has 0 bridgehead atoms. The Morgan fingerprint density at radius 2 is 1.73 bits per heavy atom. The Morgan fingerprint density at radius 1 is 0.864 bits per heavy atom. The highest BCUT2D eigenvalue weighted by Gasteiger charge is 2.49. The van der Waals surface area contributed by atoms with E-state index in [2.05, 4.69) is 23.5 Å². The molecule has 0 radical (unpaired) electrons. The van der Waals surface area contributed by atoms with Gasteiger partial charge in [-0.1, -0.05) is 11.1 Å². The second kappa shape index (κ2) is 5.46. The van der Waals surface area contributed by atoms with Crippen LogP contribution in [0.15, 0.2) is 11.1 Å². The van der Waals surface area contributed by atoms with E-state index in [-0.39, 0.29) is 6.10 Å². The highest BCUT2D eigenvalue weighted by molar-refractivity contribution is 8.21. The zero-order valence-electron chi connectivity index (χ0n) is 13.4. The van der Waals surface area contributed by atoms with Crippen molar-refractivity contribution in [1.29, 1.82) is 0 Å². The third-order valence-corrected chi connectivity index (χ3v) is 11.0. The Kier molecular flexibility index (Phi) is 3.65. The molecule has 0 amide bonds. The lowest BCUT2D eigenvalue weighted by Crippen LogP contribution is -2.38. The molecule has 5 unspecified atom stereocenters. The third kappa shape index (κ3) is 2.18. The molecule has 3 saturated carbocycles. The Bertz CT molecular complexity index is 494. The van der Waals surface area contributed by atoms with Crippen LogP contribution in [-0.2, 0) is 0 Å². The van der Waals surface area contributed by atoms with E-state index in [1.165, 1.54) is 62.9 Å². The first-order chi connectivity index (χ1) is 10.8. The summed E-state index contributed by atoms with van der Waals surface area (Å²) in [5.41, 5.74) is 3.81. The fourth-order valence-corrected chi connectivity index (χ4v) is 9.88. The molecule has 4 aliphatic carbocycles. The number of thioether (sulfide) groups is 2. The normalized spacial score (nSPS) is 46.5. The van der Waals surface area contributed by atoms with Crippen molar-refractivity contribution in [2.24, 2.45) is 23.7 Å². The lowest BCUT2D eigenvalue weighted by Gasteiger charge is -2.48. The molecule has 122 valence electrons. The van der Waals surface area contributed by atoms with Gasteiger partial charge in [-0.05, 0) is 81.5 Å². The van der Waals surface area contributed by atoms with Crippen LogP contribution in [0, 0.1) is 23.7 Å². The lowest BCUT2D eigenvalue weighted by molar-refractivity contribution is 0.0820. The predicted octanol–water partition coefficient (Wildman–Crippen LogP) is 4.85. The topological polar surface area (TPSA) is 20.2 Å². The van der Waals surface area contributed by atoms with Gasteiger partial charge in [-0.2, -0.15) is 0 Å². The van der Waals surface area contributed by atoms with E-state index in [1.807, 2.05) is 11.1 Å². The number of aliphatic hydroxyl groups is 1. The number of rotatable bonds is 0. The first kappa shape index (κ1) is 14.7. The van der Waals surface area contributed by atoms with Gasteiger partial charge in [0.25, 0.3) is 0 Å². The van der Waals surface area contributed by atoms with Gasteiger partial charge in [0.15, 0.2) is 0 Å². The SMILES string of the molecule is OC1CCC2C3CCC4CC5(CCC4=C3CCC12)SCCS5. The summed E-state index contributed by atoms with van der Waals surface area (Å²) >= 11 is 4.55. The Balaban J connectivity index is 1.42. The van der Waals surface area contributed by atoms with Crippen LogP contribution in [0.4, 0.5) is 0 Å². The zero-order chi connectivity index (χ0) is 14.7. The first-order valence-corrected chi connectivity index (χ1v) is 11.4. The Morgan fingerprint density at radius 3 is 2.59 bits per heavy atom. The molecular weight excluding hydrogens is 308 g/mol. The maximum atomic E-state index is 10.3. The van der Waals surface area contributed by atoms with E-state index in [9.17, 15) is 5.11 Å². The first-order valence-electron chi connectivity index (χ1n) is 9.43. The quantitative estimate of drug-likeness (QED) is 0.639. The highest BCUT2D eigenvalue weighted by Crippen LogP contribution is 2.61. The monoisotopic (exact) mass is 336 g/mol. The summed E-state index contributed by atoms with van der Waals surface area (Å²) in [6, 6.07) is 0. The van der Waals surface area contributed by atoms with E-state index >= 15 is 0 Å². The molecule has 1 spiro atoms. The highest BCUT2D eigenvalue weighted by atomic mass is 32.2. The molecule has 3 heteroatoms. The minimum atomic E-state index is 0.0233. The fourth-order valence-electron chi connectivity index (χ4n) is 6.50. The summed E-state index contributed by atoms with van der Waals surface area (Å²) in [5, 5.41) is 10.3. The van der Waals surface area contributed by atoms with Gasteiger partial charge in [0, 0.05) is 11.5 Å². The molecule has 0 aromatic carbocycles. The van der Waals surface area contributed by atoms with Gasteiger partial charge >= 0.3 is 0 Å². The van der Waals surface area contributed by atoms with Crippen LogP contribution in [0.3, 0.4) is 0 Å². The van der Waals surface area contributed by atoms with Crippen molar-refractivity contribution < 1.29 is 5.11 Å². The average Bonchev–Trinajstić information content (AvgIpc) is 3.14. The van der Waals surface area contributed by atoms with Crippen LogP contribution in [0.1, 0.15) is 57.8 Å². The summed E-state index contributed by atoms with van der Waals surface area (Å²) in [6.07, 6.45) is 12.2. The third-order valence-electron chi connectivity index (χ3n) is 7.43. The van der Waals surface area contributed by atoms with Crippen LogP contribution >= 0.6 is 23.5 Å². The van der Waals surface area contributed by atoms with Crippen LogP contribution in [0.5, 0.6) is 0 Å². The van der Waals surface area contributed by atoms with E-state index in [0.717, 1.165) is 24.2 Å². The fraction of sp³-hybridized carbons (Fsp3) is 0.895. The molecule has 5 atom stereocenters. The van der Waals surface area contributed by atoms with E-state index in [4.69, 9.17) is 0 Å². The van der Waals surface area contributed by atoms with Crippen LogP contribution in [0.2, 0.25) is 0 Å². The summed E-state index contributed by atoms with van der Waals surface area (Å²) in [4.78, 5) is 0. The van der Waals surface area contributed by atoms with Gasteiger partial charge in [0.1, 0.15) is 0 Å². The van der Waals surface area contributed by atoms with Gasteiger partial charge in [-0.15, -0.1) is 23.5 Å². The van der Waals surface area contributed by atoms with Crippen molar-refractivity contribution in [2.45, 2.75) is 68.0 Å². The minimum absolute atomic E-state index is 0.0233. The number of fused-ring (bicyclic) bond motifs is 4. The molecular formula is C19H28OS2. The van der Waals surface area contributed by atoms with Crippen molar-refractivity contribution in [3.05, 3.63) is 11.1 Å². The lowest BCUT2D eigenvalue weighted by atomic mass is 9.61. The molecule has 1 N–H and O–H groups in total. The van der Waals surface area contributed by atoms with Crippen molar-refractivity contribution in [3.63, 3.8) is 0 Å². The van der Waals surface area contributed by atoms with Crippen LogP contribution in [0.25, 0.3) is 0 Å². The molecule has 1 nitrogen and oxygen atoms in total. The van der Waals surface area contributed by atoms with E-state index in [0.29, 0.717) is 10.00 Å². The molecule has 0 aromatic rings. The number of allylic oxidation sites excluding steroid dienone is 2. The van der Waals surface area contributed by atoms with Crippen molar-refractivity contribution in [2.75, 3.05) is 11.5 Å². The van der Waals surface area contributed by atoms with Crippen molar-refractivity contribution in [3.8, 4) is 0 Å². The Labute approximate surface area is 143 Å². The summed E-state index contributed by atoms with van der Waals surface area (Å²) in [7, 11) is 0. The molecule has 1 saturated heterocycles. The number of hydrogen-bond donors (Lipinski definition) is 1. The Hall–Kier alpha value is 0.400. The van der Waals surface area contributed by atoms with E-state index in [1.54, 1.807) is 0 Å². The largest absolute Gasteiger partial charge is 0.393 e. The van der Waals surface area contributed by atoms with Crippen molar-refractivity contribution >= 4 is 23.5 Å². The predicted molar refractivity (Wildman–Crippen MR) is 96.2 cm³/mol. The summed E-state index contributed by atoms with van der Waals surface area (Å²) in [6.45, 7) is 0. The average molecular weight is 337 g/mol. The van der Waals surface area contributed by atoms with Gasteiger partial charge in [0.2, 0.25) is 0 Å². The van der Waals surface area contributed by atoms with Gasteiger partial charge in [-0.3, -0.25) is 0 Å². The number of aliphatic hydroxyl groups excluding tert-OH is 1. The van der Waals surface area contributed by atoms with Crippen molar-refractivity contribution in [1.82, 2.24) is 0 Å². The maximum absolute atomic E-state index is 10.3. The molecule has 4 fully saturated rings.